The summed E-state index contributed by atoms with van der Waals surface area (Å²) in [6, 6.07) is 6.00. The van der Waals surface area contributed by atoms with Gasteiger partial charge < -0.3 is 9.73 Å². The van der Waals surface area contributed by atoms with Crippen molar-refractivity contribution in [3.63, 3.8) is 0 Å². The van der Waals surface area contributed by atoms with Crippen LogP contribution in [-0.2, 0) is 20.7 Å². The van der Waals surface area contributed by atoms with Gasteiger partial charge in [-0.25, -0.2) is 23.0 Å². The largest absolute Gasteiger partial charge is 0.472 e. The molecule has 0 bridgehead atoms. The lowest BCUT2D eigenvalue weighted by Crippen LogP contribution is -2.40. The van der Waals surface area contributed by atoms with E-state index in [1.54, 1.807) is 0 Å². The van der Waals surface area contributed by atoms with Gasteiger partial charge in [0.25, 0.3) is 0 Å². The lowest BCUT2D eigenvalue weighted by molar-refractivity contribution is -0.171. The summed E-state index contributed by atoms with van der Waals surface area (Å²) >= 11 is 0. The number of hydrogen-bond acceptors (Lipinski definition) is 6. The van der Waals surface area contributed by atoms with Crippen LogP contribution in [0.3, 0.4) is 0 Å². The summed E-state index contributed by atoms with van der Waals surface area (Å²) in [5, 5.41) is 2.99. The summed E-state index contributed by atoms with van der Waals surface area (Å²) < 4.78 is 126. The minimum absolute atomic E-state index is 0.00117. The molecule has 0 fully saturated rings. The molecular weight excluding hydrogens is 564 g/mol. The van der Waals surface area contributed by atoms with Gasteiger partial charge in [-0.15, -0.1) is 0 Å². The Labute approximate surface area is 214 Å². The van der Waals surface area contributed by atoms with Crippen LogP contribution in [0.2, 0.25) is 0 Å². The zero-order valence-corrected chi connectivity index (χ0v) is 20.1. The van der Waals surface area contributed by atoms with Gasteiger partial charge in [-0.2, -0.15) is 26.3 Å². The van der Waals surface area contributed by atoms with Gasteiger partial charge in [-0.05, 0) is 42.0 Å². The first-order valence-electron chi connectivity index (χ1n) is 10.4. The van der Waals surface area contributed by atoms with Crippen molar-refractivity contribution in [2.24, 2.45) is 0 Å². The molecule has 4 rings (SSSR count). The molecule has 1 unspecified atom stereocenters. The molecule has 16 heteroatoms. The van der Waals surface area contributed by atoms with Crippen molar-refractivity contribution in [1.29, 1.82) is 0 Å². The minimum atomic E-state index is -5.38. The Morgan fingerprint density at radius 1 is 0.974 bits per heavy atom. The second-order valence-electron chi connectivity index (χ2n) is 8.05. The molecule has 0 aliphatic carbocycles. The average Bonchev–Trinajstić information content (AvgIpc) is 3.30. The highest BCUT2D eigenvalue weighted by Gasteiger charge is 2.40. The second-order valence-corrected chi connectivity index (χ2v) is 10.3. The normalized spacial score (nSPS) is 13.7. The van der Waals surface area contributed by atoms with Crippen molar-refractivity contribution in [3.05, 3.63) is 71.8 Å². The molecule has 0 aliphatic rings. The summed E-state index contributed by atoms with van der Waals surface area (Å²) in [5.41, 5.74) is -2.07. The van der Waals surface area contributed by atoms with Gasteiger partial charge in [0.05, 0.1) is 27.6 Å². The molecule has 3 aromatic heterocycles. The Hall–Kier alpha value is -4.21. The number of aromatic nitrogens is 2. The van der Waals surface area contributed by atoms with E-state index in [1.165, 1.54) is 23.1 Å². The van der Waals surface area contributed by atoms with Gasteiger partial charge >= 0.3 is 18.3 Å². The Morgan fingerprint density at radius 3 is 2.36 bits per heavy atom. The first-order valence-corrected chi connectivity index (χ1v) is 12.5. The molecule has 3 heterocycles. The Morgan fingerprint density at radius 2 is 1.69 bits per heavy atom. The van der Waals surface area contributed by atoms with E-state index in [4.69, 9.17) is 4.42 Å². The van der Waals surface area contributed by atoms with Gasteiger partial charge in [0.15, 0.2) is 0 Å². The number of carbonyl (C=O) groups excluding carboxylic acids is 1. The van der Waals surface area contributed by atoms with Crippen LogP contribution in [0, 0.1) is 11.6 Å². The van der Waals surface area contributed by atoms with Crippen LogP contribution in [0.15, 0.2) is 53.3 Å². The number of amides is 1. The van der Waals surface area contributed by atoms with Crippen molar-refractivity contribution in [1.82, 2.24) is 14.7 Å². The summed E-state index contributed by atoms with van der Waals surface area (Å²) in [7, 11) is -3.96. The highest BCUT2D eigenvalue weighted by Crippen LogP contribution is 2.34. The molecule has 0 spiro atoms. The van der Waals surface area contributed by atoms with E-state index >= 15 is 0 Å². The van der Waals surface area contributed by atoms with E-state index in [1.807, 2.05) is 0 Å². The number of alkyl halides is 6. The van der Waals surface area contributed by atoms with Gasteiger partial charge in [0.2, 0.25) is 0 Å². The third-order valence-corrected chi connectivity index (χ3v) is 6.33. The Bertz CT molecular complexity index is 1710. The molecule has 0 aliphatic heterocycles. The zero-order valence-electron chi connectivity index (χ0n) is 19.2. The smallest absolute Gasteiger partial charge is 0.464 e. The summed E-state index contributed by atoms with van der Waals surface area (Å²) in [5.74, 6) is -4.84. The third-order valence-electron chi connectivity index (χ3n) is 5.02. The fourth-order valence-corrected chi connectivity index (χ4v) is 4.64. The molecule has 2 N–H and O–H groups in total. The molecule has 4 aromatic rings. The van der Waals surface area contributed by atoms with Crippen LogP contribution in [0.4, 0.5) is 46.8 Å². The number of pyridine rings is 2. The Balaban J connectivity index is 1.75. The highest BCUT2D eigenvalue weighted by molar-refractivity contribution is 7.99. The predicted molar refractivity (Wildman–Crippen MR) is 125 cm³/mol. The maximum atomic E-state index is 14.6. The maximum Gasteiger partial charge on any atom is 0.472 e. The van der Waals surface area contributed by atoms with Crippen LogP contribution in [0.1, 0.15) is 11.3 Å². The minimum Gasteiger partial charge on any atom is -0.464 e. The number of fused-ring (bicyclic) bond motifs is 1. The first kappa shape index (κ1) is 27.8. The number of furan rings is 1. The van der Waals surface area contributed by atoms with Gasteiger partial charge in [0.1, 0.15) is 34.5 Å². The molecule has 39 heavy (non-hydrogen) atoms. The third kappa shape index (κ3) is 6.27. The van der Waals surface area contributed by atoms with Gasteiger partial charge in [-0.1, -0.05) is 0 Å². The average molecular weight is 578 g/mol. The molecule has 7 nitrogen and oxygen atoms in total. The fraction of sp³-hybridized carbons (Fsp3) is 0.130. The second kappa shape index (κ2) is 9.83. The SMILES string of the molecule is CS(=O)(=Cc1cc(Nc2cc(-c3ccc(F)c4ccoc34)c(F)cn2)nc(C(F)(F)F)c1)NC(=O)C(F)(F)F. The standard InChI is InChI=1S/C23H14F8N4O3S/c1-39(37,35-21(36)23(29,30)31)10-11-6-17(22(26,27)28)33-19(7-11)34-18-8-14(16(25)9-32-18)12-2-3-15(24)13-4-5-38-20(12)13/h2-10H,1H3,(H,32,33,34)(H,35,36,37). The molecule has 1 aromatic carbocycles. The number of hydrogen-bond donors (Lipinski definition) is 2. The van der Waals surface area contributed by atoms with Crippen molar-refractivity contribution < 1.29 is 48.5 Å². The van der Waals surface area contributed by atoms with Gasteiger partial charge in [0, 0.05) is 22.8 Å². The first-order chi connectivity index (χ1) is 18.0. The number of halogens is 8. The fourth-order valence-electron chi connectivity index (χ4n) is 3.44. The Kier molecular flexibility index (Phi) is 7.01. The molecule has 0 saturated heterocycles. The van der Waals surface area contributed by atoms with E-state index < -0.39 is 56.7 Å². The molecule has 206 valence electrons. The van der Waals surface area contributed by atoms with Crippen molar-refractivity contribution in [2.75, 3.05) is 11.6 Å². The molecular formula is C23H14F8N4O3S. The van der Waals surface area contributed by atoms with E-state index in [0.717, 1.165) is 24.4 Å². The summed E-state index contributed by atoms with van der Waals surface area (Å²) in [6.07, 6.45) is -7.81. The van der Waals surface area contributed by atoms with E-state index in [9.17, 15) is 44.1 Å². The van der Waals surface area contributed by atoms with Crippen LogP contribution in [0.5, 0.6) is 0 Å². The zero-order chi connectivity index (χ0) is 28.8. The molecule has 1 amide bonds. The van der Waals surface area contributed by atoms with E-state index in [2.05, 4.69) is 15.3 Å². The molecule has 1 atom stereocenters. The van der Waals surface area contributed by atoms with E-state index in [0.29, 0.717) is 17.7 Å². The highest BCUT2D eigenvalue weighted by atomic mass is 32.2. The lowest BCUT2D eigenvalue weighted by Gasteiger charge is -2.14. The van der Waals surface area contributed by atoms with Crippen molar-refractivity contribution in [3.8, 4) is 11.1 Å². The molecule has 0 radical (unpaired) electrons. The van der Waals surface area contributed by atoms with Crippen LogP contribution < -0.4 is 10.0 Å². The van der Waals surface area contributed by atoms with Crippen LogP contribution >= 0.6 is 0 Å². The number of nitrogens with zero attached hydrogens (tertiary/aromatic N) is 2. The number of benzene rings is 1. The molecule has 0 saturated carbocycles. The van der Waals surface area contributed by atoms with Crippen molar-refractivity contribution in [2.45, 2.75) is 12.4 Å². The van der Waals surface area contributed by atoms with Crippen LogP contribution in [-0.4, -0.2) is 37.9 Å². The summed E-state index contributed by atoms with van der Waals surface area (Å²) in [6.45, 7) is 0. The number of carbonyl (C=O) groups is 1. The lowest BCUT2D eigenvalue weighted by atomic mass is 10.0. The number of nitrogens with one attached hydrogen (secondary N) is 2. The monoisotopic (exact) mass is 578 g/mol. The van der Waals surface area contributed by atoms with Crippen LogP contribution in [0.25, 0.3) is 22.1 Å². The quantitative estimate of drug-likeness (QED) is 0.237. The summed E-state index contributed by atoms with van der Waals surface area (Å²) in [4.78, 5) is 18.3. The van der Waals surface area contributed by atoms with Crippen molar-refractivity contribution >= 4 is 43.6 Å². The topological polar surface area (TPSA) is 97.1 Å². The van der Waals surface area contributed by atoms with E-state index in [-0.39, 0.29) is 27.9 Å². The number of rotatable bonds is 5. The maximum absolute atomic E-state index is 14.6. The number of anilines is 2. The van der Waals surface area contributed by atoms with Gasteiger partial charge in [-0.3, -0.25) is 9.52 Å². The predicted octanol–water partition coefficient (Wildman–Crippen LogP) is 5.59.